The first kappa shape index (κ1) is 31.8. The summed E-state index contributed by atoms with van der Waals surface area (Å²) < 4.78 is 26.3. The van der Waals surface area contributed by atoms with Crippen molar-refractivity contribution in [3.8, 4) is 12.1 Å². The standard InChI is InChI=1S/C35H36ClFN8O3/c1-42-15-4-7-25(42)22-47-35-40-30-21-43(31-9-3-6-23-5-2-8-28(36)32(23)31)16-12-27(30)33(41-35)44-17-18-45(24(20-44)10-13-38)34(46)29(37)19-26-11-14-39-48-26/h2-3,5-6,8-9,11,14,19,24-25H,4,7,10,12,15-18,20-22H2,1H3/b29-19-/t24-,25?/m0/s1. The molecule has 0 radical (unpaired) electrons. The Hall–Kier alpha value is -4.73. The van der Waals surface area contributed by atoms with Crippen LogP contribution in [0, 0.1) is 11.3 Å². The second-order valence-corrected chi connectivity index (χ2v) is 12.9. The highest BCUT2D eigenvalue weighted by molar-refractivity contribution is 6.36. The van der Waals surface area contributed by atoms with Crippen molar-refractivity contribution in [2.75, 3.05) is 56.2 Å². The molecule has 0 saturated carbocycles. The number of anilines is 2. The molecule has 1 unspecified atom stereocenters. The molecule has 3 aliphatic heterocycles. The van der Waals surface area contributed by atoms with Crippen molar-refractivity contribution < 1.29 is 18.4 Å². The minimum absolute atomic E-state index is 0.0398. The van der Waals surface area contributed by atoms with Crippen LogP contribution in [0.3, 0.4) is 0 Å². The summed E-state index contributed by atoms with van der Waals surface area (Å²) in [6.07, 6.45) is 5.29. The van der Waals surface area contributed by atoms with Crippen molar-refractivity contribution in [3.05, 3.63) is 76.5 Å². The lowest BCUT2D eigenvalue weighted by Crippen LogP contribution is -2.56. The first-order valence-corrected chi connectivity index (χ1v) is 16.6. The predicted octanol–water partition coefficient (Wildman–Crippen LogP) is 5.25. The van der Waals surface area contributed by atoms with Gasteiger partial charge in [-0.15, -0.1) is 0 Å². The zero-order valence-corrected chi connectivity index (χ0v) is 27.4. The molecule has 0 spiro atoms. The van der Waals surface area contributed by atoms with Crippen LogP contribution < -0.4 is 14.5 Å². The molecule has 48 heavy (non-hydrogen) atoms. The minimum Gasteiger partial charge on any atom is -0.462 e. The van der Waals surface area contributed by atoms with Crippen LogP contribution >= 0.6 is 11.6 Å². The van der Waals surface area contributed by atoms with E-state index in [2.05, 4.69) is 51.2 Å². The van der Waals surface area contributed by atoms with Crippen LogP contribution in [0.15, 0.2) is 59.0 Å². The summed E-state index contributed by atoms with van der Waals surface area (Å²) in [5, 5.41) is 16.0. The van der Waals surface area contributed by atoms with Gasteiger partial charge in [0.05, 0.1) is 42.0 Å². The number of piperazine rings is 1. The van der Waals surface area contributed by atoms with Gasteiger partial charge in [-0.25, -0.2) is 4.39 Å². The van der Waals surface area contributed by atoms with Crippen LogP contribution in [-0.4, -0.2) is 89.3 Å². The van der Waals surface area contributed by atoms with Gasteiger partial charge in [0.15, 0.2) is 11.6 Å². The van der Waals surface area contributed by atoms with E-state index in [9.17, 15) is 10.1 Å². The summed E-state index contributed by atoms with van der Waals surface area (Å²) in [5.74, 6) is -0.882. The van der Waals surface area contributed by atoms with Gasteiger partial charge in [0.2, 0.25) is 0 Å². The van der Waals surface area contributed by atoms with Gasteiger partial charge in [0.25, 0.3) is 5.91 Å². The number of carbonyl (C=O) groups excluding carboxylic acids is 1. The van der Waals surface area contributed by atoms with E-state index in [4.69, 9.17) is 30.8 Å². The average molecular weight is 671 g/mol. The summed E-state index contributed by atoms with van der Waals surface area (Å²) in [5.41, 5.74) is 2.91. The fourth-order valence-corrected chi connectivity index (χ4v) is 7.32. The first-order chi connectivity index (χ1) is 23.4. The normalized spacial score (nSPS) is 20.2. The molecule has 3 aliphatic rings. The third kappa shape index (κ3) is 6.40. The molecule has 11 nitrogen and oxygen atoms in total. The first-order valence-electron chi connectivity index (χ1n) is 16.3. The zero-order valence-electron chi connectivity index (χ0n) is 26.7. The number of hydrogen-bond acceptors (Lipinski definition) is 10. The number of likely N-dealkylation sites (N-methyl/N-ethyl adjacent to an activating group) is 1. The van der Waals surface area contributed by atoms with Gasteiger partial charge in [0.1, 0.15) is 12.4 Å². The molecular weight excluding hydrogens is 635 g/mol. The Morgan fingerprint density at radius 1 is 1.12 bits per heavy atom. The van der Waals surface area contributed by atoms with Crippen LogP contribution in [0.4, 0.5) is 15.9 Å². The largest absolute Gasteiger partial charge is 0.462 e. The molecule has 4 aromatic rings. The van der Waals surface area contributed by atoms with Crippen molar-refractivity contribution in [2.45, 2.75) is 44.3 Å². The zero-order chi connectivity index (χ0) is 33.2. The van der Waals surface area contributed by atoms with Crippen molar-refractivity contribution >= 4 is 45.9 Å². The van der Waals surface area contributed by atoms with Crippen LogP contribution in [0.25, 0.3) is 16.8 Å². The Bertz CT molecular complexity index is 1870. The molecule has 2 aromatic heterocycles. The van der Waals surface area contributed by atoms with Gasteiger partial charge < -0.3 is 28.9 Å². The smallest absolute Gasteiger partial charge is 0.318 e. The summed E-state index contributed by atoms with van der Waals surface area (Å²) in [7, 11) is 2.10. The molecule has 2 saturated heterocycles. The summed E-state index contributed by atoms with van der Waals surface area (Å²) in [4.78, 5) is 31.2. The third-order valence-corrected chi connectivity index (χ3v) is 9.89. The van der Waals surface area contributed by atoms with Crippen molar-refractivity contribution in [1.29, 1.82) is 5.26 Å². The summed E-state index contributed by atoms with van der Waals surface area (Å²) >= 11 is 6.71. The van der Waals surface area contributed by atoms with Crippen LogP contribution in [0.1, 0.15) is 36.3 Å². The number of nitriles is 1. The van der Waals surface area contributed by atoms with Crippen molar-refractivity contribution in [2.24, 2.45) is 0 Å². The molecule has 5 heterocycles. The van der Waals surface area contributed by atoms with Gasteiger partial charge in [-0.2, -0.15) is 15.2 Å². The number of benzene rings is 2. The molecule has 0 N–H and O–H groups in total. The lowest BCUT2D eigenvalue weighted by atomic mass is 10.0. The molecule has 0 bridgehead atoms. The Morgan fingerprint density at radius 3 is 2.75 bits per heavy atom. The number of amides is 1. The maximum Gasteiger partial charge on any atom is 0.318 e. The van der Waals surface area contributed by atoms with Gasteiger partial charge in [-0.1, -0.05) is 41.0 Å². The Morgan fingerprint density at radius 2 is 1.98 bits per heavy atom. The number of rotatable bonds is 8. The topological polar surface area (TPSA) is 115 Å². The molecule has 13 heteroatoms. The summed E-state index contributed by atoms with van der Waals surface area (Å²) in [6, 6.07) is 15.8. The number of likely N-dealkylation sites (tertiary alicyclic amines) is 1. The number of halogens is 2. The molecule has 1 amide bonds. The number of carbonyl (C=O) groups is 1. The van der Waals surface area contributed by atoms with Gasteiger partial charge in [0, 0.05) is 61.0 Å². The fraction of sp³-hybridized carbons (Fsp3) is 0.400. The molecule has 2 aromatic carbocycles. The highest BCUT2D eigenvalue weighted by Crippen LogP contribution is 2.37. The molecule has 0 aliphatic carbocycles. The molecule has 248 valence electrons. The molecule has 7 rings (SSSR count). The second kappa shape index (κ2) is 13.8. The lowest BCUT2D eigenvalue weighted by molar-refractivity contribution is -0.131. The van der Waals surface area contributed by atoms with E-state index in [1.54, 1.807) is 0 Å². The number of ether oxygens (including phenoxy) is 1. The lowest BCUT2D eigenvalue weighted by Gasteiger charge is -2.42. The Balaban J connectivity index is 1.19. The SMILES string of the molecule is CN1CCCC1COc1nc2c(c(N3CCN(C(=O)/C(F)=C/c4ccno4)[C@@H](CC#N)C3)n1)CCN(c1cccc3cccc(Cl)c13)C2. The maximum atomic E-state index is 15.0. The molecule has 2 atom stereocenters. The van der Waals surface area contributed by atoms with Crippen LogP contribution in [0.2, 0.25) is 5.02 Å². The second-order valence-electron chi connectivity index (χ2n) is 12.5. The number of aromatic nitrogens is 3. The number of nitrogens with zero attached hydrogens (tertiary/aromatic N) is 8. The van der Waals surface area contributed by atoms with Gasteiger partial charge in [-0.3, -0.25) is 4.79 Å². The minimum atomic E-state index is -0.969. The third-order valence-electron chi connectivity index (χ3n) is 9.57. The van der Waals surface area contributed by atoms with Crippen molar-refractivity contribution in [3.63, 3.8) is 0 Å². The van der Waals surface area contributed by atoms with Crippen molar-refractivity contribution in [1.82, 2.24) is 24.9 Å². The van der Waals surface area contributed by atoms with Crippen LogP contribution in [0.5, 0.6) is 6.01 Å². The van der Waals surface area contributed by atoms with E-state index in [1.165, 1.54) is 17.2 Å². The average Bonchev–Trinajstić information content (AvgIpc) is 3.77. The molecule has 2 fully saturated rings. The monoisotopic (exact) mass is 670 g/mol. The highest BCUT2D eigenvalue weighted by Gasteiger charge is 2.35. The fourth-order valence-electron chi connectivity index (χ4n) is 7.04. The van der Waals surface area contributed by atoms with E-state index in [0.717, 1.165) is 65.5 Å². The predicted molar refractivity (Wildman–Crippen MR) is 180 cm³/mol. The van der Waals surface area contributed by atoms with Crippen LogP contribution in [-0.2, 0) is 17.8 Å². The number of hydrogen-bond donors (Lipinski definition) is 0. The Labute approximate surface area is 283 Å². The van der Waals surface area contributed by atoms with E-state index in [1.807, 2.05) is 18.2 Å². The van der Waals surface area contributed by atoms with E-state index >= 15 is 4.39 Å². The van der Waals surface area contributed by atoms with Gasteiger partial charge >= 0.3 is 6.01 Å². The Kier molecular flexibility index (Phi) is 9.15. The maximum absolute atomic E-state index is 15.0. The molecular formula is C35H36ClFN8O3. The quantitative estimate of drug-likeness (QED) is 0.230. The summed E-state index contributed by atoms with van der Waals surface area (Å²) in [6.45, 7) is 3.69. The van der Waals surface area contributed by atoms with E-state index in [-0.39, 0.29) is 24.8 Å². The van der Waals surface area contributed by atoms with E-state index in [0.29, 0.717) is 43.7 Å². The van der Waals surface area contributed by atoms with Gasteiger partial charge in [-0.05, 0) is 50.4 Å². The highest BCUT2D eigenvalue weighted by atomic mass is 35.5. The number of fused-ring (bicyclic) bond motifs is 2. The van der Waals surface area contributed by atoms with E-state index < -0.39 is 17.8 Å².